The lowest BCUT2D eigenvalue weighted by Gasteiger charge is -2.20. The maximum absolute atomic E-state index is 12.3. The van der Waals surface area contributed by atoms with Crippen LogP contribution < -0.4 is 16.4 Å². The molecule has 0 unspecified atom stereocenters. The van der Waals surface area contributed by atoms with Gasteiger partial charge in [0.25, 0.3) is 5.91 Å². The Kier molecular flexibility index (Phi) is 5.28. The molecule has 1 saturated carbocycles. The second-order valence-corrected chi connectivity index (χ2v) is 6.32. The van der Waals surface area contributed by atoms with Crippen molar-refractivity contribution in [1.82, 2.24) is 4.98 Å². The quantitative estimate of drug-likeness (QED) is 0.795. The molecule has 25 heavy (non-hydrogen) atoms. The van der Waals surface area contributed by atoms with E-state index in [4.69, 9.17) is 5.73 Å². The lowest BCUT2D eigenvalue weighted by Crippen LogP contribution is -2.24. The molecule has 0 bridgehead atoms. The minimum absolute atomic E-state index is 0.0708. The van der Waals surface area contributed by atoms with Gasteiger partial charge in [-0.05, 0) is 43.2 Å². The van der Waals surface area contributed by atoms with Gasteiger partial charge in [0.2, 0.25) is 5.91 Å². The fourth-order valence-corrected chi connectivity index (χ4v) is 3.03. The third-order valence-electron chi connectivity index (χ3n) is 4.49. The summed E-state index contributed by atoms with van der Waals surface area (Å²) in [5, 5.41) is 5.68. The Balaban J connectivity index is 1.60. The number of nitrogens with two attached hydrogens (primary N) is 1. The SMILES string of the molecule is Nc1cnccc1NC(=O)c1ccc(NC(=O)C2CCCCC2)cc1. The summed E-state index contributed by atoms with van der Waals surface area (Å²) in [6.45, 7) is 0. The number of aromatic nitrogens is 1. The molecule has 2 amide bonds. The van der Waals surface area contributed by atoms with Gasteiger partial charge in [-0.2, -0.15) is 0 Å². The van der Waals surface area contributed by atoms with E-state index in [9.17, 15) is 9.59 Å². The zero-order valence-electron chi connectivity index (χ0n) is 14.0. The first-order chi connectivity index (χ1) is 12.1. The summed E-state index contributed by atoms with van der Waals surface area (Å²) < 4.78 is 0. The van der Waals surface area contributed by atoms with Crippen LogP contribution in [0.1, 0.15) is 42.5 Å². The van der Waals surface area contributed by atoms with E-state index in [1.54, 1.807) is 36.5 Å². The van der Waals surface area contributed by atoms with Crippen molar-refractivity contribution < 1.29 is 9.59 Å². The van der Waals surface area contributed by atoms with E-state index in [2.05, 4.69) is 15.6 Å². The fourth-order valence-electron chi connectivity index (χ4n) is 3.03. The summed E-state index contributed by atoms with van der Waals surface area (Å²) in [6.07, 6.45) is 8.43. The molecular weight excluding hydrogens is 316 g/mol. The lowest BCUT2D eigenvalue weighted by molar-refractivity contribution is -0.120. The number of rotatable bonds is 4. The predicted molar refractivity (Wildman–Crippen MR) is 98.2 cm³/mol. The number of carbonyl (C=O) groups is 2. The van der Waals surface area contributed by atoms with Gasteiger partial charge in [0.1, 0.15) is 0 Å². The van der Waals surface area contributed by atoms with Crippen molar-refractivity contribution in [3.05, 3.63) is 48.3 Å². The largest absolute Gasteiger partial charge is 0.396 e. The first-order valence-electron chi connectivity index (χ1n) is 8.55. The minimum Gasteiger partial charge on any atom is -0.396 e. The highest BCUT2D eigenvalue weighted by atomic mass is 16.2. The van der Waals surface area contributed by atoms with Crippen molar-refractivity contribution in [2.24, 2.45) is 5.92 Å². The zero-order valence-corrected chi connectivity index (χ0v) is 14.0. The number of carbonyl (C=O) groups excluding carboxylic acids is 2. The number of nitrogen functional groups attached to an aromatic ring is 1. The van der Waals surface area contributed by atoms with Crippen LogP contribution in [0.5, 0.6) is 0 Å². The van der Waals surface area contributed by atoms with Gasteiger partial charge in [-0.15, -0.1) is 0 Å². The average molecular weight is 338 g/mol. The third-order valence-corrected chi connectivity index (χ3v) is 4.49. The number of anilines is 3. The van der Waals surface area contributed by atoms with Crippen molar-refractivity contribution in [2.45, 2.75) is 32.1 Å². The second kappa shape index (κ2) is 7.79. The van der Waals surface area contributed by atoms with Crippen molar-refractivity contribution in [1.29, 1.82) is 0 Å². The molecule has 1 aromatic heterocycles. The molecule has 130 valence electrons. The number of benzene rings is 1. The fraction of sp³-hybridized carbons (Fsp3) is 0.316. The Bertz CT molecular complexity index is 752. The van der Waals surface area contributed by atoms with Gasteiger partial charge in [-0.25, -0.2) is 0 Å². The normalized spacial score (nSPS) is 14.7. The van der Waals surface area contributed by atoms with Crippen LogP contribution in [0, 0.1) is 5.92 Å². The Morgan fingerprint density at radius 3 is 2.40 bits per heavy atom. The number of pyridine rings is 1. The second-order valence-electron chi connectivity index (χ2n) is 6.32. The summed E-state index contributed by atoms with van der Waals surface area (Å²) in [4.78, 5) is 28.4. The molecule has 1 aromatic carbocycles. The highest BCUT2D eigenvalue weighted by molar-refractivity contribution is 6.06. The van der Waals surface area contributed by atoms with Crippen LogP contribution in [0.3, 0.4) is 0 Å². The standard InChI is InChI=1S/C19H22N4O2/c20-16-12-21-11-10-17(16)23-19(25)14-6-8-15(9-7-14)22-18(24)13-4-2-1-3-5-13/h6-13H,1-5,20H2,(H,22,24)(H,21,23,25). The van der Waals surface area contributed by atoms with E-state index in [-0.39, 0.29) is 17.7 Å². The molecule has 6 nitrogen and oxygen atoms in total. The summed E-state index contributed by atoms with van der Waals surface area (Å²) in [5.74, 6) is -0.0871. The molecule has 0 aliphatic heterocycles. The summed E-state index contributed by atoms with van der Waals surface area (Å²) in [6, 6.07) is 8.50. The Morgan fingerprint density at radius 1 is 1.00 bits per heavy atom. The molecule has 1 fully saturated rings. The molecule has 0 saturated heterocycles. The van der Waals surface area contributed by atoms with E-state index < -0.39 is 0 Å². The number of nitrogens with one attached hydrogen (secondary N) is 2. The van der Waals surface area contributed by atoms with Crippen molar-refractivity contribution >= 4 is 28.9 Å². The van der Waals surface area contributed by atoms with Gasteiger partial charge in [-0.3, -0.25) is 14.6 Å². The van der Waals surface area contributed by atoms with E-state index >= 15 is 0 Å². The molecule has 3 rings (SSSR count). The number of hydrogen-bond donors (Lipinski definition) is 3. The Labute approximate surface area is 146 Å². The monoisotopic (exact) mass is 338 g/mol. The summed E-state index contributed by atoms with van der Waals surface area (Å²) in [7, 11) is 0. The highest BCUT2D eigenvalue weighted by Crippen LogP contribution is 2.25. The molecular formula is C19H22N4O2. The summed E-state index contributed by atoms with van der Waals surface area (Å²) >= 11 is 0. The molecule has 1 heterocycles. The van der Waals surface area contributed by atoms with Crippen LogP contribution in [-0.4, -0.2) is 16.8 Å². The van der Waals surface area contributed by atoms with Crippen molar-refractivity contribution in [3.63, 3.8) is 0 Å². The zero-order chi connectivity index (χ0) is 17.6. The molecule has 2 aromatic rings. The Morgan fingerprint density at radius 2 is 1.72 bits per heavy atom. The van der Waals surface area contributed by atoms with Gasteiger partial charge in [0.05, 0.1) is 17.6 Å². The first-order valence-corrected chi connectivity index (χ1v) is 8.55. The molecule has 6 heteroatoms. The molecule has 1 aliphatic carbocycles. The average Bonchev–Trinajstić information content (AvgIpc) is 2.65. The summed E-state index contributed by atoms with van der Waals surface area (Å²) in [5.41, 5.74) is 7.90. The van der Waals surface area contributed by atoms with Gasteiger partial charge in [0.15, 0.2) is 0 Å². The van der Waals surface area contributed by atoms with Gasteiger partial charge >= 0.3 is 0 Å². The molecule has 1 aliphatic rings. The smallest absolute Gasteiger partial charge is 0.255 e. The van der Waals surface area contributed by atoms with Crippen LogP contribution in [0.4, 0.5) is 17.1 Å². The van der Waals surface area contributed by atoms with Crippen molar-refractivity contribution in [2.75, 3.05) is 16.4 Å². The maximum Gasteiger partial charge on any atom is 0.255 e. The van der Waals surface area contributed by atoms with Crippen molar-refractivity contribution in [3.8, 4) is 0 Å². The van der Waals surface area contributed by atoms with Gasteiger partial charge in [-0.1, -0.05) is 19.3 Å². The predicted octanol–water partition coefficient (Wildman–Crippen LogP) is 3.43. The molecule has 0 spiro atoms. The first kappa shape index (κ1) is 17.0. The third kappa shape index (κ3) is 4.35. The van der Waals surface area contributed by atoms with Crippen LogP contribution >= 0.6 is 0 Å². The molecule has 0 radical (unpaired) electrons. The van der Waals surface area contributed by atoms with Crippen LogP contribution in [0.25, 0.3) is 0 Å². The van der Waals surface area contributed by atoms with E-state index in [0.717, 1.165) is 25.7 Å². The lowest BCUT2D eigenvalue weighted by atomic mass is 9.88. The maximum atomic E-state index is 12.3. The van der Waals surface area contributed by atoms with Gasteiger partial charge < -0.3 is 16.4 Å². The van der Waals surface area contributed by atoms with Crippen LogP contribution in [0.15, 0.2) is 42.7 Å². The molecule has 0 atom stereocenters. The topological polar surface area (TPSA) is 97.1 Å². The van der Waals surface area contributed by atoms with E-state index in [1.165, 1.54) is 12.6 Å². The van der Waals surface area contributed by atoms with E-state index in [1.807, 2.05) is 0 Å². The van der Waals surface area contributed by atoms with Crippen LogP contribution in [0.2, 0.25) is 0 Å². The minimum atomic E-state index is -0.261. The Hall–Kier alpha value is -2.89. The number of amides is 2. The van der Waals surface area contributed by atoms with E-state index in [0.29, 0.717) is 22.6 Å². The van der Waals surface area contributed by atoms with Crippen LogP contribution in [-0.2, 0) is 4.79 Å². The number of hydrogen-bond acceptors (Lipinski definition) is 4. The number of nitrogens with zero attached hydrogens (tertiary/aromatic N) is 1. The van der Waals surface area contributed by atoms with Gasteiger partial charge in [0, 0.05) is 23.4 Å². The highest BCUT2D eigenvalue weighted by Gasteiger charge is 2.21. The molecule has 4 N–H and O–H groups in total.